The second kappa shape index (κ2) is 6.13. The number of ether oxygens (including phenoxy) is 1. The Morgan fingerprint density at radius 2 is 2.06 bits per heavy atom. The lowest BCUT2D eigenvalue weighted by Gasteiger charge is -2.41. The number of cyclic esters (lactones) is 1. The van der Waals surface area contributed by atoms with E-state index in [4.69, 9.17) is 9.72 Å². The topological polar surface area (TPSA) is 79.7 Å². The number of fused-ring (bicyclic) bond motifs is 4. The smallest absolute Gasteiger partial charge is 0.342 e. The highest BCUT2D eigenvalue weighted by Crippen LogP contribution is 2.49. The molecule has 4 heterocycles. The van der Waals surface area contributed by atoms with Gasteiger partial charge in [0.2, 0.25) is 0 Å². The molecule has 2 aromatic rings. The molecule has 0 radical (unpaired) electrons. The maximum absolute atomic E-state index is 14.6. The van der Waals surface area contributed by atoms with Crippen LogP contribution in [0.15, 0.2) is 17.2 Å². The van der Waals surface area contributed by atoms with E-state index in [9.17, 15) is 19.1 Å². The summed E-state index contributed by atoms with van der Waals surface area (Å²) in [5.41, 5.74) is 4.39. The van der Waals surface area contributed by atoms with Gasteiger partial charge in [-0.25, -0.2) is 9.18 Å². The summed E-state index contributed by atoms with van der Waals surface area (Å²) in [6.45, 7) is 3.87. The third kappa shape index (κ3) is 2.27. The first-order valence-electron chi connectivity index (χ1n) is 10.9. The summed E-state index contributed by atoms with van der Waals surface area (Å²) in [6.07, 6.45) is 3.13. The molecule has 1 aromatic heterocycles. The first-order valence-corrected chi connectivity index (χ1v) is 10.9. The summed E-state index contributed by atoms with van der Waals surface area (Å²) in [5.74, 6) is -1.16. The molecule has 1 amide bonds. The van der Waals surface area contributed by atoms with Crippen molar-refractivity contribution in [3.8, 4) is 0 Å². The quantitative estimate of drug-likeness (QED) is 0.715. The number of rotatable bonds is 1. The SMILES string of the molecule is CC[C@@]1(O)C(=O)OCC2=C1CC1c3nc4cc(F)c(C)c5c4c(c3CN1C2=O)CCC5. The van der Waals surface area contributed by atoms with Crippen molar-refractivity contribution in [3.63, 3.8) is 0 Å². The third-order valence-corrected chi connectivity index (χ3v) is 7.70. The van der Waals surface area contributed by atoms with Crippen molar-refractivity contribution in [2.45, 2.75) is 64.1 Å². The minimum Gasteiger partial charge on any atom is -0.458 e. The number of amides is 1. The molecule has 0 saturated carbocycles. The average Bonchev–Trinajstić information content (AvgIpc) is 3.14. The van der Waals surface area contributed by atoms with E-state index in [1.54, 1.807) is 11.8 Å². The van der Waals surface area contributed by atoms with E-state index >= 15 is 0 Å². The van der Waals surface area contributed by atoms with Crippen molar-refractivity contribution in [3.05, 3.63) is 51.0 Å². The van der Waals surface area contributed by atoms with Crippen LogP contribution in [0.4, 0.5) is 4.39 Å². The monoisotopic (exact) mass is 422 g/mol. The number of carbonyl (C=O) groups excluding carboxylic acids is 2. The highest BCUT2D eigenvalue weighted by Gasteiger charge is 2.52. The first kappa shape index (κ1) is 18.9. The van der Waals surface area contributed by atoms with Gasteiger partial charge < -0.3 is 14.7 Å². The summed E-state index contributed by atoms with van der Waals surface area (Å²) in [6, 6.07) is 1.14. The summed E-state index contributed by atoms with van der Waals surface area (Å²) >= 11 is 0. The predicted molar refractivity (Wildman–Crippen MR) is 110 cm³/mol. The van der Waals surface area contributed by atoms with Crippen LogP contribution in [-0.4, -0.2) is 39.1 Å². The summed E-state index contributed by atoms with van der Waals surface area (Å²) in [4.78, 5) is 32.4. The number of pyridine rings is 1. The van der Waals surface area contributed by atoms with Crippen LogP contribution >= 0.6 is 0 Å². The molecular formula is C24H23FN2O4. The number of aromatic nitrogens is 1. The molecule has 7 heteroatoms. The molecule has 160 valence electrons. The average molecular weight is 422 g/mol. The number of hydrogen-bond acceptors (Lipinski definition) is 5. The van der Waals surface area contributed by atoms with Crippen LogP contribution < -0.4 is 0 Å². The number of hydrogen-bond donors (Lipinski definition) is 1. The van der Waals surface area contributed by atoms with Gasteiger partial charge in [-0.05, 0) is 66.9 Å². The standard InChI is InChI=1S/C24H23FN2O4/c1-3-24(30)16-7-19-21-14(9-27(19)22(28)15(16)10-31-23(24)29)13-6-4-5-12-11(2)17(25)8-18(26-21)20(12)13/h8,19,30H,3-7,9-10H2,1-2H3/t19?,24-/m0/s1. The van der Waals surface area contributed by atoms with Crippen molar-refractivity contribution >= 4 is 22.8 Å². The molecule has 0 saturated heterocycles. The van der Waals surface area contributed by atoms with Gasteiger partial charge >= 0.3 is 5.97 Å². The number of esters is 1. The first-order chi connectivity index (χ1) is 14.8. The minimum atomic E-state index is -1.78. The van der Waals surface area contributed by atoms with Crippen molar-refractivity contribution in [2.24, 2.45) is 0 Å². The highest BCUT2D eigenvalue weighted by atomic mass is 19.1. The molecule has 6 rings (SSSR count). The van der Waals surface area contributed by atoms with Gasteiger partial charge in [0.1, 0.15) is 12.4 Å². The van der Waals surface area contributed by atoms with Crippen molar-refractivity contribution in [1.82, 2.24) is 9.88 Å². The number of benzene rings is 1. The van der Waals surface area contributed by atoms with Crippen molar-refractivity contribution < 1.29 is 23.8 Å². The highest BCUT2D eigenvalue weighted by molar-refractivity contribution is 6.01. The molecule has 0 bridgehead atoms. The second-order valence-electron chi connectivity index (χ2n) is 9.06. The van der Waals surface area contributed by atoms with Gasteiger partial charge in [-0.1, -0.05) is 6.92 Å². The Balaban J connectivity index is 1.55. The molecule has 1 aliphatic carbocycles. The molecule has 1 unspecified atom stereocenters. The fraction of sp³-hybridized carbons (Fsp3) is 0.458. The molecule has 6 nitrogen and oxygen atoms in total. The van der Waals surface area contributed by atoms with E-state index in [0.29, 0.717) is 35.2 Å². The number of aliphatic hydroxyl groups is 1. The lowest BCUT2D eigenvalue weighted by Crippen LogP contribution is -2.51. The lowest BCUT2D eigenvalue weighted by atomic mass is 9.78. The number of aryl methyl sites for hydroxylation is 2. The van der Waals surface area contributed by atoms with Gasteiger partial charge in [0.05, 0.1) is 22.8 Å². The molecule has 1 aromatic carbocycles. The molecule has 3 aliphatic heterocycles. The second-order valence-corrected chi connectivity index (χ2v) is 9.06. The Morgan fingerprint density at radius 1 is 1.29 bits per heavy atom. The van der Waals surface area contributed by atoms with Crippen LogP contribution in [0.25, 0.3) is 10.9 Å². The van der Waals surface area contributed by atoms with Gasteiger partial charge in [0.25, 0.3) is 5.91 Å². The number of carbonyl (C=O) groups is 2. The fourth-order valence-electron chi connectivity index (χ4n) is 5.97. The van der Waals surface area contributed by atoms with Crippen molar-refractivity contribution in [2.75, 3.05) is 6.61 Å². The molecule has 1 N–H and O–H groups in total. The van der Waals surface area contributed by atoms with Crippen LogP contribution in [0.5, 0.6) is 0 Å². The molecule has 0 fully saturated rings. The summed E-state index contributed by atoms with van der Waals surface area (Å²) in [5, 5.41) is 12.1. The van der Waals surface area contributed by atoms with E-state index < -0.39 is 11.6 Å². The van der Waals surface area contributed by atoms with Gasteiger partial charge in [-0.2, -0.15) is 0 Å². The third-order valence-electron chi connectivity index (χ3n) is 7.70. The zero-order valence-corrected chi connectivity index (χ0v) is 17.5. The van der Waals surface area contributed by atoms with Gasteiger partial charge in [-0.15, -0.1) is 0 Å². The van der Waals surface area contributed by atoms with Gasteiger partial charge in [-0.3, -0.25) is 9.78 Å². The Morgan fingerprint density at radius 3 is 2.84 bits per heavy atom. The van der Waals surface area contributed by atoms with Crippen LogP contribution in [0.2, 0.25) is 0 Å². The Bertz CT molecular complexity index is 1250. The zero-order chi connectivity index (χ0) is 21.7. The molecule has 2 atom stereocenters. The molecule has 0 spiro atoms. The predicted octanol–water partition coefficient (Wildman–Crippen LogP) is 2.95. The van der Waals surface area contributed by atoms with Crippen LogP contribution in [0.1, 0.15) is 60.2 Å². The van der Waals surface area contributed by atoms with Gasteiger partial charge in [0.15, 0.2) is 5.60 Å². The molecule has 31 heavy (non-hydrogen) atoms. The van der Waals surface area contributed by atoms with E-state index in [-0.39, 0.29) is 30.8 Å². The Kier molecular flexibility index (Phi) is 3.74. The van der Waals surface area contributed by atoms with Crippen LogP contribution in [0.3, 0.4) is 0 Å². The number of nitrogens with zero attached hydrogens (tertiary/aromatic N) is 2. The van der Waals surface area contributed by atoms with Crippen molar-refractivity contribution in [1.29, 1.82) is 0 Å². The van der Waals surface area contributed by atoms with E-state index in [2.05, 4.69) is 0 Å². The summed E-state index contributed by atoms with van der Waals surface area (Å²) in [7, 11) is 0. The zero-order valence-electron chi connectivity index (χ0n) is 17.5. The lowest BCUT2D eigenvalue weighted by molar-refractivity contribution is -0.165. The fourth-order valence-corrected chi connectivity index (χ4v) is 5.97. The summed E-state index contributed by atoms with van der Waals surface area (Å²) < 4.78 is 19.8. The van der Waals surface area contributed by atoms with E-state index in [1.807, 2.05) is 6.92 Å². The molecular weight excluding hydrogens is 399 g/mol. The largest absolute Gasteiger partial charge is 0.458 e. The van der Waals surface area contributed by atoms with Gasteiger partial charge in [0, 0.05) is 18.0 Å². The number of halogens is 1. The van der Waals surface area contributed by atoms with Crippen LogP contribution in [-0.2, 0) is 33.7 Å². The van der Waals surface area contributed by atoms with E-state index in [1.165, 1.54) is 11.6 Å². The molecule has 4 aliphatic rings. The Hall–Kier alpha value is -2.80. The van der Waals surface area contributed by atoms with Crippen LogP contribution in [0, 0.1) is 12.7 Å². The van der Waals surface area contributed by atoms with E-state index in [0.717, 1.165) is 41.5 Å². The maximum atomic E-state index is 14.6. The maximum Gasteiger partial charge on any atom is 0.342 e. The normalized spacial score (nSPS) is 26.7. The minimum absolute atomic E-state index is 0.105. The Labute approximate surface area is 178 Å².